The van der Waals surface area contributed by atoms with Crippen molar-refractivity contribution in [3.8, 4) is 0 Å². The highest BCUT2D eigenvalue weighted by Crippen LogP contribution is 2.25. The van der Waals surface area contributed by atoms with Gasteiger partial charge in [-0.25, -0.2) is 0 Å². The molecular weight excluding hydrogens is 200 g/mol. The molecule has 1 aliphatic heterocycles. The van der Waals surface area contributed by atoms with Crippen LogP contribution >= 0.6 is 0 Å². The van der Waals surface area contributed by atoms with E-state index in [9.17, 15) is 0 Å². The first-order chi connectivity index (χ1) is 7.70. The Morgan fingerprint density at radius 1 is 1.31 bits per heavy atom. The molecule has 0 spiro atoms. The van der Waals surface area contributed by atoms with Crippen molar-refractivity contribution in [1.82, 2.24) is 10.2 Å². The van der Waals surface area contributed by atoms with Crippen LogP contribution in [0.3, 0.4) is 0 Å². The number of rotatable bonds is 6. The smallest absolute Gasteiger partial charge is 0.0554 e. The molecule has 1 heterocycles. The van der Waals surface area contributed by atoms with E-state index in [0.29, 0.717) is 5.41 Å². The summed E-state index contributed by atoms with van der Waals surface area (Å²) in [6.45, 7) is 7.55. The van der Waals surface area contributed by atoms with Crippen LogP contribution in [-0.2, 0) is 4.74 Å². The number of hydrogen-bond acceptors (Lipinski definition) is 3. The third-order valence-electron chi connectivity index (χ3n) is 4.04. The quantitative estimate of drug-likeness (QED) is 0.694. The van der Waals surface area contributed by atoms with E-state index in [1.807, 2.05) is 0 Å². The van der Waals surface area contributed by atoms with Gasteiger partial charge in [-0.2, -0.15) is 0 Å². The Morgan fingerprint density at radius 2 is 2.00 bits per heavy atom. The number of nitrogens with zero attached hydrogens (tertiary/aromatic N) is 1. The summed E-state index contributed by atoms with van der Waals surface area (Å²) in [4.78, 5) is 2.53. The molecular formula is C13H26N2O. The first-order valence-electron chi connectivity index (χ1n) is 6.68. The third-order valence-corrected chi connectivity index (χ3v) is 4.04. The average molecular weight is 226 g/mol. The molecule has 2 fully saturated rings. The highest BCUT2D eigenvalue weighted by Gasteiger charge is 2.32. The van der Waals surface area contributed by atoms with E-state index in [2.05, 4.69) is 24.2 Å². The summed E-state index contributed by atoms with van der Waals surface area (Å²) in [7, 11) is 2.27. The van der Waals surface area contributed by atoms with Gasteiger partial charge >= 0.3 is 0 Å². The van der Waals surface area contributed by atoms with Crippen LogP contribution in [0.15, 0.2) is 0 Å². The van der Waals surface area contributed by atoms with Crippen LogP contribution in [0.5, 0.6) is 0 Å². The lowest BCUT2D eigenvalue weighted by Crippen LogP contribution is -2.48. The minimum Gasteiger partial charge on any atom is -0.380 e. The predicted octanol–water partition coefficient (Wildman–Crippen LogP) is 1.49. The standard InChI is InChI=1S/C13H26N2O/c1-13(10-16-11-13)9-14-7-8-15(2)12-5-3-4-6-12/h12,14H,3-11H2,1-2H3. The molecule has 2 rings (SSSR count). The second kappa shape index (κ2) is 5.48. The molecule has 1 aliphatic carbocycles. The van der Waals surface area contributed by atoms with E-state index in [1.54, 1.807) is 0 Å². The SMILES string of the molecule is CN(CCNCC1(C)COC1)C1CCCC1. The van der Waals surface area contributed by atoms with Gasteiger partial charge in [0.25, 0.3) is 0 Å². The van der Waals surface area contributed by atoms with Gasteiger partial charge in [0, 0.05) is 31.1 Å². The molecule has 0 amide bonds. The summed E-state index contributed by atoms with van der Waals surface area (Å²) in [5.41, 5.74) is 0.409. The molecule has 3 heteroatoms. The van der Waals surface area contributed by atoms with Gasteiger partial charge in [-0.3, -0.25) is 0 Å². The summed E-state index contributed by atoms with van der Waals surface area (Å²) >= 11 is 0. The minimum atomic E-state index is 0.409. The van der Waals surface area contributed by atoms with Crippen LogP contribution in [0.4, 0.5) is 0 Å². The number of nitrogens with one attached hydrogen (secondary N) is 1. The van der Waals surface area contributed by atoms with Gasteiger partial charge in [-0.1, -0.05) is 19.8 Å². The molecule has 1 saturated carbocycles. The first-order valence-corrected chi connectivity index (χ1v) is 6.68. The number of likely N-dealkylation sites (N-methyl/N-ethyl adjacent to an activating group) is 1. The molecule has 94 valence electrons. The van der Waals surface area contributed by atoms with Gasteiger partial charge in [0.05, 0.1) is 13.2 Å². The van der Waals surface area contributed by atoms with Crippen LogP contribution in [-0.4, -0.2) is 50.8 Å². The Bertz CT molecular complexity index is 210. The zero-order chi connectivity index (χ0) is 11.4. The van der Waals surface area contributed by atoms with Gasteiger partial charge in [-0.05, 0) is 19.9 Å². The molecule has 0 aromatic carbocycles. The van der Waals surface area contributed by atoms with Crippen molar-refractivity contribution in [3.05, 3.63) is 0 Å². The normalized spacial score (nSPS) is 24.9. The maximum absolute atomic E-state index is 5.25. The Hall–Kier alpha value is -0.120. The van der Waals surface area contributed by atoms with Crippen molar-refractivity contribution in [3.63, 3.8) is 0 Å². The highest BCUT2D eigenvalue weighted by molar-refractivity contribution is 4.83. The third kappa shape index (κ3) is 3.19. The van der Waals surface area contributed by atoms with Crippen LogP contribution in [0, 0.1) is 5.41 Å². The molecule has 1 N–H and O–H groups in total. The molecule has 1 saturated heterocycles. The number of ether oxygens (including phenoxy) is 1. The maximum Gasteiger partial charge on any atom is 0.0554 e. The lowest BCUT2D eigenvalue weighted by atomic mass is 9.89. The molecule has 0 atom stereocenters. The van der Waals surface area contributed by atoms with Crippen LogP contribution in [0.2, 0.25) is 0 Å². The molecule has 16 heavy (non-hydrogen) atoms. The topological polar surface area (TPSA) is 24.5 Å². The lowest BCUT2D eigenvalue weighted by Gasteiger charge is -2.38. The summed E-state index contributed by atoms with van der Waals surface area (Å²) in [6.07, 6.45) is 5.67. The highest BCUT2D eigenvalue weighted by atomic mass is 16.5. The lowest BCUT2D eigenvalue weighted by molar-refractivity contribution is -0.0990. The summed E-state index contributed by atoms with van der Waals surface area (Å²) in [5.74, 6) is 0. The Kier molecular flexibility index (Phi) is 4.22. The van der Waals surface area contributed by atoms with Crippen molar-refractivity contribution in [2.45, 2.75) is 38.6 Å². The van der Waals surface area contributed by atoms with Gasteiger partial charge in [0.2, 0.25) is 0 Å². The van der Waals surface area contributed by atoms with Crippen molar-refractivity contribution < 1.29 is 4.74 Å². The van der Waals surface area contributed by atoms with Crippen molar-refractivity contribution >= 4 is 0 Å². The fraction of sp³-hybridized carbons (Fsp3) is 1.00. The fourth-order valence-electron chi connectivity index (χ4n) is 2.73. The van der Waals surface area contributed by atoms with Crippen molar-refractivity contribution in [2.75, 3.05) is 39.9 Å². The van der Waals surface area contributed by atoms with Crippen LogP contribution < -0.4 is 5.32 Å². The Labute approximate surface area is 99.5 Å². The first kappa shape index (κ1) is 12.3. The number of hydrogen-bond donors (Lipinski definition) is 1. The van der Waals surface area contributed by atoms with Gasteiger partial charge < -0.3 is 15.0 Å². The molecule has 0 radical (unpaired) electrons. The zero-order valence-electron chi connectivity index (χ0n) is 10.8. The maximum atomic E-state index is 5.25. The molecule has 0 aromatic heterocycles. The summed E-state index contributed by atoms with van der Waals surface area (Å²) in [5, 5.41) is 3.56. The van der Waals surface area contributed by atoms with E-state index >= 15 is 0 Å². The molecule has 2 aliphatic rings. The molecule has 0 unspecified atom stereocenters. The average Bonchev–Trinajstić information content (AvgIpc) is 2.74. The Morgan fingerprint density at radius 3 is 2.56 bits per heavy atom. The summed E-state index contributed by atoms with van der Waals surface area (Å²) in [6, 6.07) is 0.851. The van der Waals surface area contributed by atoms with Gasteiger partial charge in [-0.15, -0.1) is 0 Å². The second-order valence-electron chi connectivity index (χ2n) is 5.90. The van der Waals surface area contributed by atoms with Crippen molar-refractivity contribution in [2.24, 2.45) is 5.41 Å². The van der Waals surface area contributed by atoms with E-state index in [1.165, 1.54) is 32.2 Å². The predicted molar refractivity (Wildman–Crippen MR) is 66.7 cm³/mol. The molecule has 0 bridgehead atoms. The zero-order valence-corrected chi connectivity index (χ0v) is 10.8. The van der Waals surface area contributed by atoms with Crippen molar-refractivity contribution in [1.29, 1.82) is 0 Å². The second-order valence-corrected chi connectivity index (χ2v) is 5.90. The van der Waals surface area contributed by atoms with E-state index in [4.69, 9.17) is 4.74 Å². The van der Waals surface area contributed by atoms with Crippen LogP contribution in [0.25, 0.3) is 0 Å². The molecule has 0 aromatic rings. The fourth-order valence-corrected chi connectivity index (χ4v) is 2.73. The minimum absolute atomic E-state index is 0.409. The van der Waals surface area contributed by atoms with E-state index < -0.39 is 0 Å². The monoisotopic (exact) mass is 226 g/mol. The largest absolute Gasteiger partial charge is 0.380 e. The van der Waals surface area contributed by atoms with Gasteiger partial charge in [0.1, 0.15) is 0 Å². The summed E-state index contributed by atoms with van der Waals surface area (Å²) < 4.78 is 5.25. The van der Waals surface area contributed by atoms with Gasteiger partial charge in [0.15, 0.2) is 0 Å². The molecule has 3 nitrogen and oxygen atoms in total. The van der Waals surface area contributed by atoms with E-state index in [0.717, 1.165) is 32.3 Å². The van der Waals surface area contributed by atoms with Crippen LogP contribution in [0.1, 0.15) is 32.6 Å². The van der Waals surface area contributed by atoms with E-state index in [-0.39, 0.29) is 0 Å². The Balaban J connectivity index is 1.53.